The first kappa shape index (κ1) is 18.9. The number of allylic oxidation sites excluding steroid dienone is 1. The summed E-state index contributed by atoms with van der Waals surface area (Å²) in [6.45, 7) is 0. The lowest BCUT2D eigenvalue weighted by Gasteiger charge is -2.08. The second-order valence-corrected chi connectivity index (χ2v) is 6.47. The Morgan fingerprint density at radius 2 is 1.78 bits per heavy atom. The van der Waals surface area contributed by atoms with E-state index in [1.54, 1.807) is 12.1 Å². The fourth-order valence-electron chi connectivity index (χ4n) is 2.71. The Morgan fingerprint density at radius 3 is 2.41 bits per heavy atom. The number of esters is 1. The summed E-state index contributed by atoms with van der Waals surface area (Å²) in [5, 5.41) is 2.88. The van der Waals surface area contributed by atoms with Crippen LogP contribution in [0, 0.1) is 0 Å². The van der Waals surface area contributed by atoms with Gasteiger partial charge in [0.25, 0.3) is 0 Å². The summed E-state index contributed by atoms with van der Waals surface area (Å²) in [5.74, 6) is 0.835. The number of cyclic esters (lactones) is 1. The highest BCUT2D eigenvalue weighted by Crippen LogP contribution is 2.25. The number of carbonyl (C=O) groups excluding carboxylic acids is 2. The highest BCUT2D eigenvalue weighted by molar-refractivity contribution is 9.11. The van der Waals surface area contributed by atoms with E-state index in [9.17, 15) is 9.59 Å². The van der Waals surface area contributed by atoms with E-state index < -0.39 is 0 Å². The van der Waals surface area contributed by atoms with Crippen molar-refractivity contribution < 1.29 is 19.1 Å². The SMILES string of the molecule is COc1ccc(CC(=O)Nc2ccc(CC3=CC(=O)O/C3=C/Br)cc2)cc1. The summed E-state index contributed by atoms with van der Waals surface area (Å²) >= 11 is 3.20. The summed E-state index contributed by atoms with van der Waals surface area (Å²) in [6.07, 6.45) is 2.35. The van der Waals surface area contributed by atoms with Crippen LogP contribution in [0.5, 0.6) is 5.75 Å². The zero-order valence-corrected chi connectivity index (χ0v) is 16.3. The summed E-state index contributed by atoms with van der Waals surface area (Å²) < 4.78 is 10.2. The number of amides is 1. The van der Waals surface area contributed by atoms with E-state index in [2.05, 4.69) is 21.2 Å². The van der Waals surface area contributed by atoms with Crippen LogP contribution in [0.15, 0.2) is 70.9 Å². The van der Waals surface area contributed by atoms with Crippen LogP contribution in [-0.2, 0) is 27.2 Å². The molecule has 0 aliphatic carbocycles. The molecule has 0 saturated carbocycles. The fraction of sp³-hybridized carbons (Fsp3) is 0.143. The summed E-state index contributed by atoms with van der Waals surface area (Å²) in [6, 6.07) is 14.9. The number of halogens is 1. The van der Waals surface area contributed by atoms with Gasteiger partial charge in [0.05, 0.1) is 13.5 Å². The molecule has 0 radical (unpaired) electrons. The normalized spacial score (nSPS) is 14.7. The Labute approximate surface area is 165 Å². The molecule has 3 rings (SSSR count). The molecule has 1 aliphatic rings. The highest BCUT2D eigenvalue weighted by Gasteiger charge is 2.19. The van der Waals surface area contributed by atoms with Crippen molar-refractivity contribution in [2.75, 3.05) is 12.4 Å². The molecule has 0 unspecified atom stereocenters. The van der Waals surface area contributed by atoms with Gasteiger partial charge in [-0.15, -0.1) is 0 Å². The highest BCUT2D eigenvalue weighted by atomic mass is 79.9. The molecular formula is C21H18BrNO4. The first-order chi connectivity index (χ1) is 13.1. The first-order valence-electron chi connectivity index (χ1n) is 8.32. The second-order valence-electron chi connectivity index (χ2n) is 6.01. The van der Waals surface area contributed by atoms with Gasteiger partial charge >= 0.3 is 5.97 Å². The van der Waals surface area contributed by atoms with E-state index in [0.29, 0.717) is 12.2 Å². The molecule has 1 aliphatic heterocycles. The number of carbonyl (C=O) groups is 2. The van der Waals surface area contributed by atoms with Crippen LogP contribution in [0.4, 0.5) is 5.69 Å². The third kappa shape index (κ3) is 5.08. The largest absolute Gasteiger partial charge is 0.497 e. The molecule has 0 bridgehead atoms. The molecule has 0 saturated heterocycles. The van der Waals surface area contributed by atoms with Crippen molar-refractivity contribution >= 4 is 33.5 Å². The number of hydrogen-bond donors (Lipinski definition) is 1. The van der Waals surface area contributed by atoms with Crippen molar-refractivity contribution in [3.05, 3.63) is 82.1 Å². The molecule has 5 nitrogen and oxygen atoms in total. The van der Waals surface area contributed by atoms with E-state index in [-0.39, 0.29) is 18.3 Å². The molecule has 1 heterocycles. The lowest BCUT2D eigenvalue weighted by Crippen LogP contribution is -2.14. The smallest absolute Gasteiger partial charge is 0.336 e. The minimum atomic E-state index is -0.363. The molecule has 27 heavy (non-hydrogen) atoms. The second kappa shape index (κ2) is 8.68. The van der Waals surface area contributed by atoms with Crippen LogP contribution in [0.25, 0.3) is 0 Å². The standard InChI is InChI=1S/C21H18BrNO4/c1-26-18-8-4-15(5-9-18)11-20(24)23-17-6-2-14(3-7-17)10-16-12-21(25)27-19(16)13-22/h2-9,12-13H,10-11H2,1H3,(H,23,24)/b19-13+. The number of hydrogen-bond acceptors (Lipinski definition) is 4. The monoisotopic (exact) mass is 427 g/mol. The zero-order valence-electron chi connectivity index (χ0n) is 14.7. The average Bonchev–Trinajstić information content (AvgIpc) is 3.03. The molecule has 2 aromatic carbocycles. The topological polar surface area (TPSA) is 64.6 Å². The number of nitrogens with one attached hydrogen (secondary N) is 1. The van der Waals surface area contributed by atoms with Crippen LogP contribution in [-0.4, -0.2) is 19.0 Å². The lowest BCUT2D eigenvalue weighted by molar-refractivity contribution is -0.132. The summed E-state index contributed by atoms with van der Waals surface area (Å²) in [4.78, 5) is 25.2. The Morgan fingerprint density at radius 1 is 1.11 bits per heavy atom. The van der Waals surface area contributed by atoms with Gasteiger partial charge in [-0.3, -0.25) is 4.79 Å². The number of benzene rings is 2. The van der Waals surface area contributed by atoms with Crippen molar-refractivity contribution in [2.24, 2.45) is 0 Å². The van der Waals surface area contributed by atoms with Crippen LogP contribution in [0.2, 0.25) is 0 Å². The van der Waals surface area contributed by atoms with E-state index >= 15 is 0 Å². The van der Waals surface area contributed by atoms with Crippen molar-refractivity contribution in [3.8, 4) is 5.75 Å². The van der Waals surface area contributed by atoms with Crippen molar-refractivity contribution in [2.45, 2.75) is 12.8 Å². The van der Waals surface area contributed by atoms with Gasteiger partial charge in [-0.05, 0) is 35.4 Å². The lowest BCUT2D eigenvalue weighted by atomic mass is 10.0. The summed E-state index contributed by atoms with van der Waals surface area (Å²) in [7, 11) is 1.61. The molecule has 138 valence electrons. The van der Waals surface area contributed by atoms with E-state index in [1.165, 1.54) is 6.08 Å². The average molecular weight is 428 g/mol. The van der Waals surface area contributed by atoms with E-state index in [1.807, 2.05) is 48.5 Å². The Bertz CT molecular complexity index is 899. The van der Waals surface area contributed by atoms with Gasteiger partial charge in [0.1, 0.15) is 11.5 Å². The Kier molecular flexibility index (Phi) is 6.08. The predicted molar refractivity (Wildman–Crippen MR) is 107 cm³/mol. The molecule has 0 aromatic heterocycles. The molecule has 0 fully saturated rings. The van der Waals surface area contributed by atoms with Gasteiger partial charge in [0.2, 0.25) is 5.91 Å². The third-order valence-electron chi connectivity index (χ3n) is 4.07. The van der Waals surface area contributed by atoms with Gasteiger partial charge in [0, 0.05) is 28.7 Å². The van der Waals surface area contributed by atoms with Gasteiger partial charge in [-0.25, -0.2) is 4.79 Å². The van der Waals surface area contributed by atoms with Crippen molar-refractivity contribution in [3.63, 3.8) is 0 Å². The van der Waals surface area contributed by atoms with Crippen LogP contribution < -0.4 is 10.1 Å². The molecule has 0 spiro atoms. The molecule has 6 heteroatoms. The van der Waals surface area contributed by atoms with Crippen LogP contribution in [0.1, 0.15) is 11.1 Å². The van der Waals surface area contributed by atoms with Gasteiger partial charge in [-0.1, -0.05) is 40.2 Å². The van der Waals surface area contributed by atoms with Gasteiger partial charge in [-0.2, -0.15) is 0 Å². The van der Waals surface area contributed by atoms with Crippen molar-refractivity contribution in [1.82, 2.24) is 0 Å². The maximum atomic E-state index is 12.2. The molecule has 1 amide bonds. The molecular weight excluding hydrogens is 410 g/mol. The summed E-state index contributed by atoms with van der Waals surface area (Å²) in [5.41, 5.74) is 3.46. The maximum absolute atomic E-state index is 12.2. The fourth-order valence-corrected chi connectivity index (χ4v) is 3.09. The number of anilines is 1. The quantitative estimate of drug-likeness (QED) is 0.703. The van der Waals surface area contributed by atoms with Gasteiger partial charge in [0.15, 0.2) is 0 Å². The molecule has 0 atom stereocenters. The number of methoxy groups -OCH3 is 1. The minimum absolute atomic E-state index is 0.0880. The van der Waals surface area contributed by atoms with Crippen LogP contribution in [0.3, 0.4) is 0 Å². The molecule has 2 aromatic rings. The Balaban J connectivity index is 1.57. The predicted octanol–water partition coefficient (Wildman–Crippen LogP) is 4.14. The van der Waals surface area contributed by atoms with Gasteiger partial charge < -0.3 is 14.8 Å². The minimum Gasteiger partial charge on any atom is -0.497 e. The zero-order chi connectivity index (χ0) is 19.2. The van der Waals surface area contributed by atoms with E-state index in [0.717, 1.165) is 28.1 Å². The van der Waals surface area contributed by atoms with E-state index in [4.69, 9.17) is 9.47 Å². The van der Waals surface area contributed by atoms with Crippen molar-refractivity contribution in [1.29, 1.82) is 0 Å². The van der Waals surface area contributed by atoms with Crippen LogP contribution >= 0.6 is 15.9 Å². The number of rotatable bonds is 6. The maximum Gasteiger partial charge on any atom is 0.336 e. The Hall–Kier alpha value is -2.86. The third-order valence-corrected chi connectivity index (χ3v) is 4.49. The molecule has 1 N–H and O–H groups in total. The first-order valence-corrected chi connectivity index (χ1v) is 9.24. The number of ether oxygens (including phenoxy) is 2.